The molecule has 6 heteroatoms. The lowest BCUT2D eigenvalue weighted by atomic mass is 9.85. The maximum absolute atomic E-state index is 12.4. The summed E-state index contributed by atoms with van der Waals surface area (Å²) in [5.74, 6) is -1.29. The average Bonchev–Trinajstić information content (AvgIpc) is 3.00. The Kier molecular flexibility index (Phi) is 4.28. The molecule has 24 heavy (non-hydrogen) atoms. The topological polar surface area (TPSA) is 65.5 Å². The van der Waals surface area contributed by atoms with Gasteiger partial charge in [-0.1, -0.05) is 29.8 Å². The molecule has 0 bridgehead atoms. The maximum Gasteiger partial charge on any atom is 0.329 e. The molecule has 0 aliphatic heterocycles. The van der Waals surface area contributed by atoms with Gasteiger partial charge in [-0.15, -0.1) is 0 Å². The molecule has 1 aliphatic rings. The molecule has 0 N–H and O–H groups in total. The van der Waals surface area contributed by atoms with Gasteiger partial charge < -0.3 is 9.47 Å². The highest BCUT2D eigenvalue weighted by molar-refractivity contribution is 6.30. The van der Waals surface area contributed by atoms with Gasteiger partial charge in [0.2, 0.25) is 5.41 Å². The van der Waals surface area contributed by atoms with Crippen LogP contribution in [0.2, 0.25) is 5.02 Å². The van der Waals surface area contributed by atoms with Gasteiger partial charge in [0.1, 0.15) is 0 Å². The molecule has 5 nitrogen and oxygen atoms in total. The Labute approximate surface area is 144 Å². The highest BCUT2D eigenvalue weighted by atomic mass is 35.5. The van der Waals surface area contributed by atoms with Crippen LogP contribution in [0.3, 0.4) is 0 Å². The van der Waals surface area contributed by atoms with Crippen molar-refractivity contribution in [3.8, 4) is 11.3 Å². The number of nitrogens with zero attached hydrogens (tertiary/aromatic N) is 1. The van der Waals surface area contributed by atoms with Gasteiger partial charge in [-0.2, -0.15) is 0 Å². The third-order valence-electron chi connectivity index (χ3n) is 4.36. The van der Waals surface area contributed by atoms with Crippen LogP contribution in [-0.4, -0.2) is 31.1 Å². The van der Waals surface area contributed by atoms with Crippen molar-refractivity contribution in [2.24, 2.45) is 0 Å². The minimum Gasteiger partial charge on any atom is -0.468 e. The Bertz CT molecular complexity index is 785. The fourth-order valence-corrected chi connectivity index (χ4v) is 3.24. The molecular formula is C18H16ClNO4. The Morgan fingerprint density at radius 2 is 1.67 bits per heavy atom. The monoisotopic (exact) mass is 345 g/mol. The number of aromatic nitrogens is 1. The molecular weight excluding hydrogens is 330 g/mol. The molecule has 0 amide bonds. The number of rotatable bonds is 3. The standard InChI is InChI=1S/C18H16ClNO4/c1-23-16(21)18(17(22)24-2)10-9-12-5-8-14(20-15(12)18)11-3-6-13(19)7-4-11/h3-8H,9-10H2,1-2H3. The summed E-state index contributed by atoms with van der Waals surface area (Å²) in [6.45, 7) is 0. The van der Waals surface area contributed by atoms with Crippen LogP contribution in [0.5, 0.6) is 0 Å². The van der Waals surface area contributed by atoms with E-state index in [4.69, 9.17) is 21.1 Å². The number of aryl methyl sites for hydroxylation is 1. The second-order valence-corrected chi connectivity index (χ2v) is 6.04. The first-order valence-electron chi connectivity index (χ1n) is 7.46. The first-order chi connectivity index (χ1) is 11.5. The first-order valence-corrected chi connectivity index (χ1v) is 7.84. The van der Waals surface area contributed by atoms with Gasteiger partial charge in [0.25, 0.3) is 0 Å². The Morgan fingerprint density at radius 1 is 1.04 bits per heavy atom. The number of carbonyl (C=O) groups is 2. The number of methoxy groups -OCH3 is 2. The zero-order chi connectivity index (χ0) is 17.3. The molecule has 1 heterocycles. The number of hydrogen-bond donors (Lipinski definition) is 0. The smallest absolute Gasteiger partial charge is 0.329 e. The van der Waals surface area contributed by atoms with Crippen molar-refractivity contribution in [3.05, 3.63) is 52.7 Å². The predicted molar refractivity (Wildman–Crippen MR) is 88.7 cm³/mol. The van der Waals surface area contributed by atoms with Crippen molar-refractivity contribution in [2.75, 3.05) is 14.2 Å². The van der Waals surface area contributed by atoms with E-state index in [0.29, 0.717) is 29.3 Å². The molecule has 124 valence electrons. The molecule has 0 saturated carbocycles. The van der Waals surface area contributed by atoms with Crippen molar-refractivity contribution in [3.63, 3.8) is 0 Å². The van der Waals surface area contributed by atoms with E-state index >= 15 is 0 Å². The molecule has 0 unspecified atom stereocenters. The normalized spacial score (nSPS) is 14.8. The third kappa shape index (κ3) is 2.45. The molecule has 0 fully saturated rings. The number of pyridine rings is 1. The second kappa shape index (κ2) is 6.24. The maximum atomic E-state index is 12.4. The number of ether oxygens (including phenoxy) is 2. The molecule has 1 aliphatic carbocycles. The van der Waals surface area contributed by atoms with Gasteiger partial charge >= 0.3 is 11.9 Å². The van der Waals surface area contributed by atoms with E-state index in [9.17, 15) is 9.59 Å². The molecule has 0 saturated heterocycles. The van der Waals surface area contributed by atoms with Crippen LogP contribution in [0.15, 0.2) is 36.4 Å². The molecule has 1 aromatic carbocycles. The number of halogens is 1. The summed E-state index contributed by atoms with van der Waals surface area (Å²) in [5.41, 5.74) is 1.26. The van der Waals surface area contributed by atoms with Crippen LogP contribution < -0.4 is 0 Å². The number of esters is 2. The largest absolute Gasteiger partial charge is 0.468 e. The van der Waals surface area contributed by atoms with Crippen molar-refractivity contribution in [1.29, 1.82) is 0 Å². The van der Waals surface area contributed by atoms with Gasteiger partial charge in [-0.3, -0.25) is 14.6 Å². The minimum absolute atomic E-state index is 0.290. The average molecular weight is 346 g/mol. The fourth-order valence-electron chi connectivity index (χ4n) is 3.11. The first kappa shape index (κ1) is 16.5. The number of hydrogen-bond acceptors (Lipinski definition) is 5. The second-order valence-electron chi connectivity index (χ2n) is 5.60. The number of fused-ring (bicyclic) bond motifs is 1. The Morgan fingerprint density at radius 3 is 2.25 bits per heavy atom. The Hall–Kier alpha value is -2.40. The third-order valence-corrected chi connectivity index (χ3v) is 4.61. The zero-order valence-electron chi connectivity index (χ0n) is 13.3. The highest BCUT2D eigenvalue weighted by Crippen LogP contribution is 2.41. The van der Waals surface area contributed by atoms with Crippen LogP contribution in [0.1, 0.15) is 17.7 Å². The van der Waals surface area contributed by atoms with E-state index in [1.54, 1.807) is 12.1 Å². The van der Waals surface area contributed by atoms with Gasteiger partial charge in [-0.05, 0) is 36.6 Å². The lowest BCUT2D eigenvalue weighted by molar-refractivity contribution is -0.162. The summed E-state index contributed by atoms with van der Waals surface area (Å²) in [6, 6.07) is 11.0. The lowest BCUT2D eigenvalue weighted by Crippen LogP contribution is -2.44. The number of carbonyl (C=O) groups excluding carboxylic acids is 2. The quantitative estimate of drug-likeness (QED) is 0.632. The summed E-state index contributed by atoms with van der Waals surface area (Å²) in [5, 5.41) is 0.623. The van der Waals surface area contributed by atoms with E-state index in [2.05, 4.69) is 4.98 Å². The summed E-state index contributed by atoms with van der Waals surface area (Å²) in [6.07, 6.45) is 0.853. The van der Waals surface area contributed by atoms with Crippen LogP contribution in [0, 0.1) is 0 Å². The SMILES string of the molecule is COC(=O)C1(C(=O)OC)CCc2ccc(-c3ccc(Cl)cc3)nc21. The Balaban J connectivity index is 2.15. The van der Waals surface area contributed by atoms with E-state index in [0.717, 1.165) is 11.1 Å². The fraction of sp³-hybridized carbons (Fsp3) is 0.278. The van der Waals surface area contributed by atoms with Gasteiger partial charge in [-0.25, -0.2) is 0 Å². The van der Waals surface area contributed by atoms with E-state index in [1.807, 2.05) is 24.3 Å². The van der Waals surface area contributed by atoms with E-state index < -0.39 is 17.4 Å². The van der Waals surface area contributed by atoms with Crippen molar-refractivity contribution in [1.82, 2.24) is 4.98 Å². The van der Waals surface area contributed by atoms with E-state index in [1.165, 1.54) is 14.2 Å². The number of benzene rings is 1. The van der Waals surface area contributed by atoms with Gasteiger partial charge in [0, 0.05) is 10.6 Å². The van der Waals surface area contributed by atoms with Gasteiger partial charge in [0.05, 0.1) is 25.6 Å². The highest BCUT2D eigenvalue weighted by Gasteiger charge is 2.55. The summed E-state index contributed by atoms with van der Waals surface area (Å²) in [4.78, 5) is 29.4. The minimum atomic E-state index is -1.50. The predicted octanol–water partition coefficient (Wildman–Crippen LogP) is 2.93. The molecule has 0 spiro atoms. The van der Waals surface area contributed by atoms with Crippen LogP contribution in [-0.2, 0) is 30.9 Å². The van der Waals surface area contributed by atoms with Crippen molar-refractivity contribution < 1.29 is 19.1 Å². The summed E-state index contributed by atoms with van der Waals surface area (Å²) in [7, 11) is 2.52. The van der Waals surface area contributed by atoms with Crippen LogP contribution in [0.4, 0.5) is 0 Å². The summed E-state index contributed by atoms with van der Waals surface area (Å²) >= 11 is 5.92. The molecule has 2 aromatic rings. The molecule has 3 rings (SSSR count). The van der Waals surface area contributed by atoms with Crippen LogP contribution >= 0.6 is 11.6 Å². The molecule has 1 aromatic heterocycles. The van der Waals surface area contributed by atoms with Crippen LogP contribution in [0.25, 0.3) is 11.3 Å². The molecule has 0 radical (unpaired) electrons. The molecule has 0 atom stereocenters. The van der Waals surface area contributed by atoms with E-state index in [-0.39, 0.29) is 0 Å². The zero-order valence-corrected chi connectivity index (χ0v) is 14.1. The van der Waals surface area contributed by atoms with Crippen molar-refractivity contribution >= 4 is 23.5 Å². The summed E-state index contributed by atoms with van der Waals surface area (Å²) < 4.78 is 9.76. The lowest BCUT2D eigenvalue weighted by Gasteiger charge is -2.23. The van der Waals surface area contributed by atoms with Crippen molar-refractivity contribution in [2.45, 2.75) is 18.3 Å². The van der Waals surface area contributed by atoms with Gasteiger partial charge in [0.15, 0.2) is 0 Å².